The highest BCUT2D eigenvalue weighted by Gasteiger charge is 2.17. The zero-order valence-electron chi connectivity index (χ0n) is 10.1. The molecule has 0 radical (unpaired) electrons. The largest absolute Gasteiger partial charge is 0.354 e. The van der Waals surface area contributed by atoms with Crippen LogP contribution in [0.2, 0.25) is 0 Å². The maximum Gasteiger partial charge on any atom is 0.239 e. The van der Waals surface area contributed by atoms with E-state index in [0.717, 1.165) is 36.5 Å². The zero-order valence-corrected chi connectivity index (χ0v) is 10.1. The molecule has 0 spiro atoms. The number of aromatic nitrogens is 1. The van der Waals surface area contributed by atoms with E-state index in [1.165, 1.54) is 0 Å². The first-order valence-electron chi connectivity index (χ1n) is 5.88. The van der Waals surface area contributed by atoms with Gasteiger partial charge in [-0.25, -0.2) is 4.98 Å². The first-order chi connectivity index (χ1) is 8.20. The number of rotatable bonds is 2. The Hall–Kier alpha value is -1.62. The summed E-state index contributed by atoms with van der Waals surface area (Å²) >= 11 is 0. The zero-order chi connectivity index (χ0) is 12.3. The molecule has 2 rings (SSSR count). The molecule has 1 fully saturated rings. The van der Waals surface area contributed by atoms with Crippen molar-refractivity contribution < 1.29 is 4.79 Å². The Bertz CT molecular complexity index is 419. The number of pyridine rings is 1. The van der Waals surface area contributed by atoms with Crippen molar-refractivity contribution in [1.82, 2.24) is 10.3 Å². The van der Waals surface area contributed by atoms with Crippen molar-refractivity contribution in [1.29, 1.82) is 0 Å². The lowest BCUT2D eigenvalue weighted by Crippen LogP contribution is -2.33. The SMILES string of the molecule is Cc1cc(CN)cnc1N1CCCNC(=O)C1. The average molecular weight is 234 g/mol. The number of aryl methyl sites for hydroxylation is 1. The van der Waals surface area contributed by atoms with E-state index in [2.05, 4.69) is 10.3 Å². The summed E-state index contributed by atoms with van der Waals surface area (Å²) in [5.74, 6) is 0.950. The second-order valence-corrected chi connectivity index (χ2v) is 4.31. The fourth-order valence-electron chi connectivity index (χ4n) is 2.06. The number of hydrogen-bond acceptors (Lipinski definition) is 4. The van der Waals surface area contributed by atoms with E-state index in [1.807, 2.05) is 17.9 Å². The number of nitrogens with one attached hydrogen (secondary N) is 1. The number of nitrogens with zero attached hydrogens (tertiary/aromatic N) is 2. The monoisotopic (exact) mass is 234 g/mol. The van der Waals surface area contributed by atoms with Gasteiger partial charge in [-0.15, -0.1) is 0 Å². The lowest BCUT2D eigenvalue weighted by molar-refractivity contribution is -0.119. The second kappa shape index (κ2) is 5.14. The molecule has 92 valence electrons. The number of hydrogen-bond donors (Lipinski definition) is 2. The summed E-state index contributed by atoms with van der Waals surface area (Å²) in [6.07, 6.45) is 2.73. The lowest BCUT2D eigenvalue weighted by atomic mass is 10.2. The van der Waals surface area contributed by atoms with Gasteiger partial charge in [0, 0.05) is 25.8 Å². The highest BCUT2D eigenvalue weighted by molar-refractivity contribution is 5.81. The van der Waals surface area contributed by atoms with Crippen LogP contribution >= 0.6 is 0 Å². The molecule has 0 atom stereocenters. The molecule has 1 aromatic rings. The molecule has 0 saturated carbocycles. The first kappa shape index (κ1) is 11.9. The van der Waals surface area contributed by atoms with Crippen molar-refractivity contribution in [3.63, 3.8) is 0 Å². The topological polar surface area (TPSA) is 71.2 Å². The van der Waals surface area contributed by atoms with Crippen LogP contribution in [-0.2, 0) is 11.3 Å². The second-order valence-electron chi connectivity index (χ2n) is 4.31. The average Bonchev–Trinajstić information content (AvgIpc) is 2.53. The van der Waals surface area contributed by atoms with Gasteiger partial charge in [-0.05, 0) is 30.5 Å². The van der Waals surface area contributed by atoms with Gasteiger partial charge in [0.25, 0.3) is 0 Å². The highest BCUT2D eigenvalue weighted by atomic mass is 16.2. The number of anilines is 1. The predicted octanol–water partition coefficient (Wildman–Crippen LogP) is 0.175. The molecule has 0 aliphatic carbocycles. The van der Waals surface area contributed by atoms with Crippen molar-refractivity contribution in [3.8, 4) is 0 Å². The fourth-order valence-corrected chi connectivity index (χ4v) is 2.06. The molecule has 0 bridgehead atoms. The summed E-state index contributed by atoms with van der Waals surface area (Å²) in [5, 5.41) is 2.86. The van der Waals surface area contributed by atoms with Gasteiger partial charge in [0.05, 0.1) is 6.54 Å². The fraction of sp³-hybridized carbons (Fsp3) is 0.500. The molecule has 0 aromatic carbocycles. The Kier molecular flexibility index (Phi) is 3.58. The van der Waals surface area contributed by atoms with E-state index >= 15 is 0 Å². The molecule has 1 aliphatic rings. The summed E-state index contributed by atoms with van der Waals surface area (Å²) in [6.45, 7) is 4.48. The standard InChI is InChI=1S/C12H18N4O/c1-9-5-10(6-13)7-15-12(9)16-4-2-3-14-11(17)8-16/h5,7H,2-4,6,8,13H2,1H3,(H,14,17). The summed E-state index contributed by atoms with van der Waals surface area (Å²) in [7, 11) is 0. The van der Waals surface area contributed by atoms with E-state index < -0.39 is 0 Å². The van der Waals surface area contributed by atoms with Crippen LogP contribution in [0.15, 0.2) is 12.3 Å². The Labute approximate surface area is 101 Å². The molecule has 5 heteroatoms. The van der Waals surface area contributed by atoms with Gasteiger partial charge < -0.3 is 16.0 Å². The van der Waals surface area contributed by atoms with Crippen LogP contribution in [0.4, 0.5) is 5.82 Å². The van der Waals surface area contributed by atoms with Gasteiger partial charge in [-0.2, -0.15) is 0 Å². The smallest absolute Gasteiger partial charge is 0.239 e. The number of nitrogens with two attached hydrogens (primary N) is 1. The minimum Gasteiger partial charge on any atom is -0.354 e. The maximum absolute atomic E-state index is 11.5. The van der Waals surface area contributed by atoms with E-state index in [-0.39, 0.29) is 5.91 Å². The number of carbonyl (C=O) groups is 1. The molecule has 17 heavy (non-hydrogen) atoms. The predicted molar refractivity (Wildman–Crippen MR) is 66.7 cm³/mol. The Morgan fingerprint density at radius 1 is 1.59 bits per heavy atom. The molecule has 3 N–H and O–H groups in total. The summed E-state index contributed by atoms with van der Waals surface area (Å²) in [5.41, 5.74) is 7.67. The number of carbonyl (C=O) groups excluding carboxylic acids is 1. The van der Waals surface area contributed by atoms with Gasteiger partial charge in [-0.1, -0.05) is 0 Å². The van der Waals surface area contributed by atoms with E-state index in [4.69, 9.17) is 5.73 Å². The van der Waals surface area contributed by atoms with Gasteiger partial charge in [0.2, 0.25) is 5.91 Å². The minimum absolute atomic E-state index is 0.0617. The van der Waals surface area contributed by atoms with Crippen LogP contribution in [-0.4, -0.2) is 30.5 Å². The van der Waals surface area contributed by atoms with Crippen LogP contribution in [0.25, 0.3) is 0 Å². The molecule has 1 aliphatic heterocycles. The van der Waals surface area contributed by atoms with E-state index in [1.54, 1.807) is 6.20 Å². The third kappa shape index (κ3) is 2.74. The minimum atomic E-state index is 0.0617. The van der Waals surface area contributed by atoms with Crippen molar-refractivity contribution in [2.45, 2.75) is 19.9 Å². The normalized spacial score (nSPS) is 16.6. The van der Waals surface area contributed by atoms with Crippen LogP contribution in [0.1, 0.15) is 17.5 Å². The summed E-state index contributed by atoms with van der Waals surface area (Å²) < 4.78 is 0. The molecule has 2 heterocycles. The molecular weight excluding hydrogens is 216 g/mol. The number of amides is 1. The van der Waals surface area contributed by atoms with Crippen molar-refractivity contribution in [3.05, 3.63) is 23.4 Å². The summed E-state index contributed by atoms with van der Waals surface area (Å²) in [6, 6.07) is 2.03. The molecule has 1 aromatic heterocycles. The molecular formula is C12H18N4O. The van der Waals surface area contributed by atoms with Crippen LogP contribution in [0.5, 0.6) is 0 Å². The first-order valence-corrected chi connectivity index (χ1v) is 5.88. The molecule has 1 amide bonds. The van der Waals surface area contributed by atoms with Gasteiger partial charge in [0.15, 0.2) is 0 Å². The molecule has 5 nitrogen and oxygen atoms in total. The highest BCUT2D eigenvalue weighted by Crippen LogP contribution is 2.18. The molecule has 1 saturated heterocycles. The van der Waals surface area contributed by atoms with Crippen molar-refractivity contribution >= 4 is 11.7 Å². The van der Waals surface area contributed by atoms with Gasteiger partial charge in [0.1, 0.15) is 5.82 Å². The van der Waals surface area contributed by atoms with Crippen LogP contribution in [0.3, 0.4) is 0 Å². The quantitative estimate of drug-likeness (QED) is 0.765. The Balaban J connectivity index is 2.23. The lowest BCUT2D eigenvalue weighted by Gasteiger charge is -2.22. The van der Waals surface area contributed by atoms with Gasteiger partial charge in [-0.3, -0.25) is 4.79 Å². The third-order valence-corrected chi connectivity index (χ3v) is 2.90. The third-order valence-electron chi connectivity index (χ3n) is 2.90. The van der Waals surface area contributed by atoms with Gasteiger partial charge >= 0.3 is 0 Å². The van der Waals surface area contributed by atoms with Crippen molar-refractivity contribution in [2.75, 3.05) is 24.5 Å². The van der Waals surface area contributed by atoms with Crippen LogP contribution in [0, 0.1) is 6.92 Å². The maximum atomic E-state index is 11.5. The van der Waals surface area contributed by atoms with E-state index in [9.17, 15) is 4.79 Å². The molecule has 0 unspecified atom stereocenters. The summed E-state index contributed by atoms with van der Waals surface area (Å²) in [4.78, 5) is 17.9. The van der Waals surface area contributed by atoms with Crippen LogP contribution < -0.4 is 16.0 Å². The Morgan fingerprint density at radius 2 is 2.41 bits per heavy atom. The van der Waals surface area contributed by atoms with E-state index in [0.29, 0.717) is 13.1 Å². The Morgan fingerprint density at radius 3 is 3.12 bits per heavy atom. The van der Waals surface area contributed by atoms with Crippen molar-refractivity contribution in [2.24, 2.45) is 5.73 Å².